The number of nitro groups is 1. The van der Waals surface area contributed by atoms with Crippen molar-refractivity contribution in [1.29, 1.82) is 0 Å². The van der Waals surface area contributed by atoms with Gasteiger partial charge < -0.3 is 4.98 Å². The van der Waals surface area contributed by atoms with Crippen LogP contribution in [0, 0.1) is 10.1 Å². The Bertz CT molecular complexity index is 925. The summed E-state index contributed by atoms with van der Waals surface area (Å²) in [6.45, 7) is 0. The van der Waals surface area contributed by atoms with E-state index in [-0.39, 0.29) is 11.2 Å². The van der Waals surface area contributed by atoms with Crippen LogP contribution in [0.25, 0.3) is 23.1 Å². The third-order valence-corrected chi connectivity index (χ3v) is 3.34. The van der Waals surface area contributed by atoms with Crippen LogP contribution >= 0.6 is 0 Å². The molecule has 0 aliphatic rings. The van der Waals surface area contributed by atoms with Crippen molar-refractivity contribution in [2.75, 3.05) is 0 Å². The summed E-state index contributed by atoms with van der Waals surface area (Å²) in [5, 5.41) is 11.6. The average Bonchev–Trinajstić information content (AvgIpc) is 2.52. The van der Waals surface area contributed by atoms with Crippen molar-refractivity contribution in [3.63, 3.8) is 0 Å². The van der Waals surface area contributed by atoms with E-state index in [4.69, 9.17) is 0 Å². The maximum absolute atomic E-state index is 11.7. The number of fused-ring (bicyclic) bond motifs is 1. The Labute approximate surface area is 125 Å². The van der Waals surface area contributed by atoms with Crippen molar-refractivity contribution in [1.82, 2.24) is 4.98 Å². The molecule has 0 saturated carbocycles. The zero-order chi connectivity index (χ0) is 15.5. The minimum Gasteiger partial charge on any atom is -0.322 e. The number of rotatable bonds is 3. The number of hydrogen-bond donors (Lipinski definition) is 1. The van der Waals surface area contributed by atoms with Gasteiger partial charge >= 0.3 is 0 Å². The van der Waals surface area contributed by atoms with Gasteiger partial charge in [-0.3, -0.25) is 14.9 Å². The van der Waals surface area contributed by atoms with E-state index in [1.807, 2.05) is 36.4 Å². The molecule has 5 nitrogen and oxygen atoms in total. The van der Waals surface area contributed by atoms with Crippen LogP contribution in [-0.2, 0) is 0 Å². The molecule has 3 aromatic rings. The summed E-state index contributed by atoms with van der Waals surface area (Å²) in [7, 11) is 0. The number of para-hydroxylation sites is 1. The number of nitro benzene ring substituents is 1. The van der Waals surface area contributed by atoms with Crippen molar-refractivity contribution in [3.8, 4) is 0 Å². The lowest BCUT2D eigenvalue weighted by atomic mass is 10.1. The highest BCUT2D eigenvalue weighted by molar-refractivity contribution is 5.90. The van der Waals surface area contributed by atoms with Crippen molar-refractivity contribution < 1.29 is 4.92 Å². The Balaban J connectivity index is 1.99. The molecule has 0 unspecified atom stereocenters. The van der Waals surface area contributed by atoms with Gasteiger partial charge in [-0.2, -0.15) is 0 Å². The Kier molecular flexibility index (Phi) is 3.53. The molecule has 2 aromatic carbocycles. The first kappa shape index (κ1) is 13.8. The molecule has 1 aromatic heterocycles. The van der Waals surface area contributed by atoms with Gasteiger partial charge in [0.25, 0.3) is 5.69 Å². The molecule has 0 radical (unpaired) electrons. The fourth-order valence-electron chi connectivity index (χ4n) is 2.26. The molecular formula is C17H12N2O3. The van der Waals surface area contributed by atoms with Gasteiger partial charge in [-0.05, 0) is 29.3 Å². The molecule has 0 fully saturated rings. The lowest BCUT2D eigenvalue weighted by Gasteiger charge is -2.01. The molecule has 1 heterocycles. The second kappa shape index (κ2) is 5.65. The minimum absolute atomic E-state index is 0.0544. The number of benzene rings is 2. The van der Waals surface area contributed by atoms with Gasteiger partial charge in [-0.25, -0.2) is 0 Å². The fraction of sp³-hybridized carbons (Fsp3) is 0. The van der Waals surface area contributed by atoms with Crippen LogP contribution in [0.3, 0.4) is 0 Å². The predicted molar refractivity (Wildman–Crippen MR) is 86.6 cm³/mol. The second-order valence-corrected chi connectivity index (χ2v) is 4.82. The maximum atomic E-state index is 11.7. The molecule has 0 aliphatic carbocycles. The van der Waals surface area contributed by atoms with Crippen LogP contribution in [0.5, 0.6) is 0 Å². The van der Waals surface area contributed by atoms with Crippen LogP contribution in [0.1, 0.15) is 11.1 Å². The van der Waals surface area contributed by atoms with Crippen LogP contribution in [-0.4, -0.2) is 9.91 Å². The van der Waals surface area contributed by atoms with Crippen molar-refractivity contribution >= 4 is 28.7 Å². The van der Waals surface area contributed by atoms with E-state index in [9.17, 15) is 14.9 Å². The monoisotopic (exact) mass is 292 g/mol. The Hall–Kier alpha value is -3.21. The molecule has 0 saturated heterocycles. The summed E-state index contributed by atoms with van der Waals surface area (Å²) in [5.74, 6) is 0. The molecule has 22 heavy (non-hydrogen) atoms. The molecule has 0 atom stereocenters. The van der Waals surface area contributed by atoms with E-state index in [1.54, 1.807) is 12.1 Å². The Morgan fingerprint density at radius 2 is 1.73 bits per heavy atom. The molecule has 5 heteroatoms. The molecule has 1 N–H and O–H groups in total. The number of nitrogens with zero attached hydrogens (tertiary/aromatic N) is 1. The SMILES string of the molecule is O=c1cc(/C=C/c2ccc([N+](=O)[O-])cc2)c2ccccc2[nH]1. The normalized spacial score (nSPS) is 11.1. The van der Waals surface area contributed by atoms with Gasteiger partial charge in [-0.1, -0.05) is 30.4 Å². The van der Waals surface area contributed by atoms with Crippen molar-refractivity contribution in [2.45, 2.75) is 0 Å². The van der Waals surface area contributed by atoms with Crippen LogP contribution < -0.4 is 5.56 Å². The second-order valence-electron chi connectivity index (χ2n) is 4.82. The Morgan fingerprint density at radius 3 is 2.45 bits per heavy atom. The molecule has 0 spiro atoms. The number of hydrogen-bond acceptors (Lipinski definition) is 3. The number of aromatic amines is 1. The average molecular weight is 292 g/mol. The lowest BCUT2D eigenvalue weighted by molar-refractivity contribution is -0.384. The van der Waals surface area contributed by atoms with Gasteiger partial charge in [-0.15, -0.1) is 0 Å². The van der Waals surface area contributed by atoms with Crippen LogP contribution in [0.4, 0.5) is 5.69 Å². The van der Waals surface area contributed by atoms with Gasteiger partial charge in [0, 0.05) is 29.1 Å². The summed E-state index contributed by atoms with van der Waals surface area (Å²) >= 11 is 0. The highest BCUT2D eigenvalue weighted by Crippen LogP contribution is 2.18. The number of H-pyrrole nitrogens is 1. The minimum atomic E-state index is -0.433. The first-order chi connectivity index (χ1) is 10.6. The van der Waals surface area contributed by atoms with Gasteiger partial charge in [0.05, 0.1) is 4.92 Å². The van der Waals surface area contributed by atoms with E-state index in [0.29, 0.717) is 0 Å². The topological polar surface area (TPSA) is 76.0 Å². The van der Waals surface area contributed by atoms with Crippen molar-refractivity contribution in [3.05, 3.63) is 86.2 Å². The number of pyridine rings is 1. The predicted octanol–water partition coefficient (Wildman–Crippen LogP) is 3.61. The molecular weight excluding hydrogens is 280 g/mol. The number of non-ortho nitro benzene ring substituents is 1. The van der Waals surface area contributed by atoms with Gasteiger partial charge in [0.1, 0.15) is 0 Å². The summed E-state index contributed by atoms with van der Waals surface area (Å²) in [5.41, 5.74) is 2.30. The zero-order valence-electron chi connectivity index (χ0n) is 11.5. The van der Waals surface area contributed by atoms with Gasteiger partial charge in [0.2, 0.25) is 5.56 Å². The third-order valence-electron chi connectivity index (χ3n) is 3.34. The number of nitrogens with one attached hydrogen (secondary N) is 1. The highest BCUT2D eigenvalue weighted by Gasteiger charge is 2.03. The Morgan fingerprint density at radius 1 is 1.00 bits per heavy atom. The van der Waals surface area contributed by atoms with Gasteiger partial charge in [0.15, 0.2) is 0 Å². The largest absolute Gasteiger partial charge is 0.322 e. The number of aromatic nitrogens is 1. The quantitative estimate of drug-likeness (QED) is 0.592. The standard InChI is InChI=1S/C17H12N2O3/c20-17-11-13(15-3-1-2-4-16(15)18-17)8-5-12-6-9-14(10-7-12)19(21)22/h1-11H,(H,18,20)/b8-5+. The first-order valence-corrected chi connectivity index (χ1v) is 6.68. The molecule has 0 bridgehead atoms. The lowest BCUT2D eigenvalue weighted by Crippen LogP contribution is -2.04. The van der Waals surface area contributed by atoms with E-state index in [0.717, 1.165) is 22.0 Å². The van der Waals surface area contributed by atoms with E-state index >= 15 is 0 Å². The maximum Gasteiger partial charge on any atom is 0.269 e. The smallest absolute Gasteiger partial charge is 0.269 e. The highest BCUT2D eigenvalue weighted by atomic mass is 16.6. The summed E-state index contributed by atoms with van der Waals surface area (Å²) in [6, 6.07) is 15.3. The molecule has 3 rings (SSSR count). The fourth-order valence-corrected chi connectivity index (χ4v) is 2.26. The third kappa shape index (κ3) is 2.78. The van der Waals surface area contributed by atoms with E-state index < -0.39 is 4.92 Å². The molecule has 0 aliphatic heterocycles. The molecule has 108 valence electrons. The molecule has 0 amide bonds. The van der Waals surface area contributed by atoms with E-state index in [2.05, 4.69) is 4.98 Å². The summed E-state index contributed by atoms with van der Waals surface area (Å²) in [4.78, 5) is 24.6. The van der Waals surface area contributed by atoms with Crippen LogP contribution in [0.2, 0.25) is 0 Å². The zero-order valence-corrected chi connectivity index (χ0v) is 11.5. The first-order valence-electron chi connectivity index (χ1n) is 6.68. The summed E-state index contributed by atoms with van der Waals surface area (Å²) in [6.07, 6.45) is 3.66. The van der Waals surface area contributed by atoms with E-state index in [1.165, 1.54) is 18.2 Å². The van der Waals surface area contributed by atoms with Crippen LogP contribution in [0.15, 0.2) is 59.4 Å². The summed E-state index contributed by atoms with van der Waals surface area (Å²) < 4.78 is 0. The van der Waals surface area contributed by atoms with Crippen molar-refractivity contribution in [2.24, 2.45) is 0 Å².